The first-order chi connectivity index (χ1) is 11.6. The maximum atomic E-state index is 13.2. The van der Waals surface area contributed by atoms with Gasteiger partial charge in [-0.2, -0.15) is 0 Å². The molecule has 1 amide bonds. The predicted molar refractivity (Wildman–Crippen MR) is 90.2 cm³/mol. The summed E-state index contributed by atoms with van der Waals surface area (Å²) in [5.41, 5.74) is 0.885. The van der Waals surface area contributed by atoms with Crippen LogP contribution in [0.3, 0.4) is 0 Å². The van der Waals surface area contributed by atoms with Crippen LogP contribution < -0.4 is 5.32 Å². The lowest BCUT2D eigenvalue weighted by atomic mass is 10.0. The molecule has 0 unspecified atom stereocenters. The van der Waals surface area contributed by atoms with Gasteiger partial charge in [-0.1, -0.05) is 6.07 Å². The minimum absolute atomic E-state index is 0.0109. The molecule has 0 saturated carbocycles. The number of aromatic nitrogens is 1. The van der Waals surface area contributed by atoms with Gasteiger partial charge in [-0.15, -0.1) is 0 Å². The van der Waals surface area contributed by atoms with Crippen LogP contribution in [-0.4, -0.2) is 22.2 Å². The molecule has 0 bridgehead atoms. The van der Waals surface area contributed by atoms with E-state index in [-0.39, 0.29) is 30.2 Å². The molecule has 0 fully saturated rings. The zero-order chi connectivity index (χ0) is 18.6. The number of rotatable bonds is 5. The second-order valence-corrected chi connectivity index (χ2v) is 6.89. The molecule has 0 radical (unpaired) electrons. The third kappa shape index (κ3) is 5.74. The summed E-state index contributed by atoms with van der Waals surface area (Å²) in [6.45, 7) is 5.58. The van der Waals surface area contributed by atoms with Crippen LogP contribution in [0.2, 0.25) is 0 Å². The summed E-state index contributed by atoms with van der Waals surface area (Å²) < 4.78 is 26.1. The standard InChI is InChI=1S/C19H20F2N2O2/c1-19(2,3)23-18(25)17-11-13(6-7-22-17)9-14(24)8-12-4-5-15(20)16(21)10-12/h4-7,10-11H,8-9H2,1-3H3,(H,23,25). The van der Waals surface area contributed by atoms with Crippen molar-refractivity contribution in [2.45, 2.75) is 39.2 Å². The molecule has 0 aliphatic rings. The molecule has 0 atom stereocenters. The summed E-state index contributed by atoms with van der Waals surface area (Å²) in [5, 5.41) is 2.80. The molecule has 25 heavy (non-hydrogen) atoms. The van der Waals surface area contributed by atoms with Crippen LogP contribution in [0.25, 0.3) is 0 Å². The number of hydrogen-bond donors (Lipinski definition) is 1. The lowest BCUT2D eigenvalue weighted by molar-refractivity contribution is -0.117. The Hall–Kier alpha value is -2.63. The number of Topliss-reactive ketones (excluding diaryl/α,β-unsaturated/α-hetero) is 1. The summed E-state index contributed by atoms with van der Waals surface area (Å²) in [7, 11) is 0. The normalized spacial score (nSPS) is 11.2. The van der Waals surface area contributed by atoms with Crippen LogP contribution in [0.1, 0.15) is 42.4 Å². The molecule has 0 saturated heterocycles. The third-order valence-corrected chi connectivity index (χ3v) is 3.33. The molecule has 1 aromatic carbocycles. The molecule has 4 nitrogen and oxygen atoms in total. The number of carbonyl (C=O) groups is 2. The van der Waals surface area contributed by atoms with Gasteiger partial charge in [0.2, 0.25) is 0 Å². The maximum Gasteiger partial charge on any atom is 0.270 e. The Kier molecular flexibility index (Phi) is 5.62. The second-order valence-electron chi connectivity index (χ2n) is 6.89. The zero-order valence-electron chi connectivity index (χ0n) is 14.4. The topological polar surface area (TPSA) is 59.1 Å². The Bertz CT molecular complexity index is 798. The van der Waals surface area contributed by atoms with Crippen LogP contribution in [0.4, 0.5) is 8.78 Å². The van der Waals surface area contributed by atoms with Gasteiger partial charge in [0.15, 0.2) is 11.6 Å². The largest absolute Gasteiger partial charge is 0.346 e. The van der Waals surface area contributed by atoms with Gasteiger partial charge >= 0.3 is 0 Å². The van der Waals surface area contributed by atoms with Crippen molar-refractivity contribution in [2.24, 2.45) is 0 Å². The summed E-state index contributed by atoms with van der Waals surface area (Å²) in [6, 6.07) is 6.60. The molecule has 0 aliphatic heterocycles. The number of pyridine rings is 1. The number of hydrogen-bond acceptors (Lipinski definition) is 3. The molecule has 0 spiro atoms. The van der Waals surface area contributed by atoms with Crippen LogP contribution in [0.5, 0.6) is 0 Å². The lowest BCUT2D eigenvalue weighted by Gasteiger charge is -2.20. The third-order valence-electron chi connectivity index (χ3n) is 3.33. The van der Waals surface area contributed by atoms with Gasteiger partial charge in [-0.25, -0.2) is 8.78 Å². The molecule has 0 aliphatic carbocycles. The monoisotopic (exact) mass is 346 g/mol. The van der Waals surface area contributed by atoms with Crippen molar-refractivity contribution in [1.29, 1.82) is 0 Å². The minimum Gasteiger partial charge on any atom is -0.346 e. The smallest absolute Gasteiger partial charge is 0.270 e. The highest BCUT2D eigenvalue weighted by Crippen LogP contribution is 2.12. The number of nitrogens with zero attached hydrogens (tertiary/aromatic N) is 1. The molecule has 2 aromatic rings. The average Bonchev–Trinajstić information content (AvgIpc) is 2.49. The number of amides is 1. The fraction of sp³-hybridized carbons (Fsp3) is 0.316. The van der Waals surface area contributed by atoms with E-state index in [1.54, 1.807) is 12.1 Å². The van der Waals surface area contributed by atoms with Gasteiger partial charge in [-0.3, -0.25) is 14.6 Å². The van der Waals surface area contributed by atoms with E-state index in [0.29, 0.717) is 11.1 Å². The van der Waals surface area contributed by atoms with Gasteiger partial charge in [0.05, 0.1) is 0 Å². The van der Waals surface area contributed by atoms with Crippen molar-refractivity contribution in [2.75, 3.05) is 0 Å². The molecule has 1 heterocycles. The Morgan fingerprint density at radius 3 is 2.24 bits per heavy atom. The van der Waals surface area contributed by atoms with E-state index in [4.69, 9.17) is 0 Å². The highest BCUT2D eigenvalue weighted by Gasteiger charge is 2.17. The summed E-state index contributed by atoms with van der Waals surface area (Å²) >= 11 is 0. The van der Waals surface area contributed by atoms with Crippen LogP contribution in [0, 0.1) is 11.6 Å². The molecule has 1 aromatic heterocycles. The molecule has 1 N–H and O–H groups in total. The van der Waals surface area contributed by atoms with Crippen LogP contribution in [-0.2, 0) is 17.6 Å². The predicted octanol–water partition coefficient (Wildman–Crippen LogP) is 3.24. The number of nitrogens with one attached hydrogen (secondary N) is 1. The molecule has 6 heteroatoms. The van der Waals surface area contributed by atoms with Crippen molar-refractivity contribution >= 4 is 11.7 Å². The number of carbonyl (C=O) groups excluding carboxylic acids is 2. The SMILES string of the molecule is CC(C)(C)NC(=O)c1cc(CC(=O)Cc2ccc(F)c(F)c2)ccn1. The zero-order valence-corrected chi connectivity index (χ0v) is 14.4. The fourth-order valence-electron chi connectivity index (χ4n) is 2.28. The summed E-state index contributed by atoms with van der Waals surface area (Å²) in [6.07, 6.45) is 1.54. The van der Waals surface area contributed by atoms with Crippen molar-refractivity contribution in [3.63, 3.8) is 0 Å². The molecular weight excluding hydrogens is 326 g/mol. The van der Waals surface area contributed by atoms with E-state index in [0.717, 1.165) is 12.1 Å². The summed E-state index contributed by atoms with van der Waals surface area (Å²) in [5.74, 6) is -2.41. The Morgan fingerprint density at radius 1 is 1.00 bits per heavy atom. The van der Waals surface area contributed by atoms with Crippen LogP contribution >= 0.6 is 0 Å². The molecule has 2 rings (SSSR count). The Morgan fingerprint density at radius 2 is 1.64 bits per heavy atom. The Balaban J connectivity index is 2.04. The highest BCUT2D eigenvalue weighted by atomic mass is 19.2. The van der Waals surface area contributed by atoms with Gasteiger partial charge in [0, 0.05) is 24.6 Å². The van der Waals surface area contributed by atoms with Gasteiger partial charge < -0.3 is 5.32 Å². The van der Waals surface area contributed by atoms with E-state index in [1.165, 1.54) is 12.3 Å². The van der Waals surface area contributed by atoms with Crippen molar-refractivity contribution < 1.29 is 18.4 Å². The number of benzene rings is 1. The van der Waals surface area contributed by atoms with Crippen LogP contribution in [0.15, 0.2) is 36.5 Å². The van der Waals surface area contributed by atoms with Gasteiger partial charge in [0.25, 0.3) is 5.91 Å². The van der Waals surface area contributed by atoms with E-state index >= 15 is 0 Å². The minimum atomic E-state index is -0.977. The van der Waals surface area contributed by atoms with E-state index in [1.807, 2.05) is 20.8 Å². The second kappa shape index (κ2) is 7.51. The lowest BCUT2D eigenvalue weighted by Crippen LogP contribution is -2.40. The Labute approximate surface area is 145 Å². The van der Waals surface area contributed by atoms with E-state index in [9.17, 15) is 18.4 Å². The van der Waals surface area contributed by atoms with Crippen molar-refractivity contribution in [3.05, 3.63) is 65.0 Å². The quantitative estimate of drug-likeness (QED) is 0.904. The fourth-order valence-corrected chi connectivity index (χ4v) is 2.28. The van der Waals surface area contributed by atoms with Gasteiger partial charge in [-0.05, 0) is 56.2 Å². The van der Waals surface area contributed by atoms with Crippen molar-refractivity contribution in [1.82, 2.24) is 10.3 Å². The first-order valence-electron chi connectivity index (χ1n) is 7.87. The number of ketones is 1. The number of halogens is 2. The molecule has 132 valence electrons. The molecular formula is C19H20F2N2O2. The van der Waals surface area contributed by atoms with Gasteiger partial charge in [0.1, 0.15) is 11.5 Å². The maximum absolute atomic E-state index is 13.2. The highest BCUT2D eigenvalue weighted by molar-refractivity contribution is 5.93. The first-order valence-corrected chi connectivity index (χ1v) is 7.87. The van der Waals surface area contributed by atoms with E-state index in [2.05, 4.69) is 10.3 Å². The van der Waals surface area contributed by atoms with E-state index < -0.39 is 17.2 Å². The average molecular weight is 346 g/mol. The summed E-state index contributed by atoms with van der Waals surface area (Å²) in [4.78, 5) is 28.3. The van der Waals surface area contributed by atoms with Crippen molar-refractivity contribution in [3.8, 4) is 0 Å². The first kappa shape index (κ1) is 18.7.